The third kappa shape index (κ3) is 5.71. The van der Waals surface area contributed by atoms with Crippen LogP contribution in [0.3, 0.4) is 0 Å². The molecule has 0 fully saturated rings. The lowest BCUT2D eigenvalue weighted by Gasteiger charge is -2.13. The van der Waals surface area contributed by atoms with Crippen LogP contribution in [0.25, 0.3) is 0 Å². The number of hydrogen-bond acceptors (Lipinski definition) is 7. The van der Waals surface area contributed by atoms with Gasteiger partial charge in [-0.3, -0.25) is 4.79 Å². The summed E-state index contributed by atoms with van der Waals surface area (Å²) in [5.74, 6) is 0.0482. The summed E-state index contributed by atoms with van der Waals surface area (Å²) in [7, 11) is 0. The molecule has 0 saturated heterocycles. The molecule has 3 rings (SSSR count). The zero-order chi connectivity index (χ0) is 22.4. The molecule has 7 nitrogen and oxygen atoms in total. The molecule has 0 aliphatic carbocycles. The number of amides is 1. The quantitative estimate of drug-likeness (QED) is 0.377. The van der Waals surface area contributed by atoms with Crippen molar-refractivity contribution < 1.29 is 18.7 Å². The van der Waals surface area contributed by atoms with Crippen molar-refractivity contribution in [3.05, 3.63) is 68.9 Å². The van der Waals surface area contributed by atoms with Crippen LogP contribution in [0.2, 0.25) is 5.02 Å². The minimum atomic E-state index is -0.442. The summed E-state index contributed by atoms with van der Waals surface area (Å²) in [6.07, 6.45) is 1.47. The molecule has 0 bridgehead atoms. The van der Waals surface area contributed by atoms with Crippen molar-refractivity contribution in [3.8, 4) is 11.5 Å². The molecule has 3 aromatic rings. The fourth-order valence-electron chi connectivity index (χ4n) is 2.66. The number of benzene rings is 2. The van der Waals surface area contributed by atoms with Gasteiger partial charge in [-0.15, -0.1) is 0 Å². The number of hydrogen-bond donors (Lipinski definition) is 2. The molecule has 0 spiro atoms. The minimum Gasteiger partial charge on any atom is -0.490 e. The van der Waals surface area contributed by atoms with Gasteiger partial charge in [-0.2, -0.15) is 5.10 Å². The van der Waals surface area contributed by atoms with E-state index in [-0.39, 0.29) is 17.2 Å². The van der Waals surface area contributed by atoms with Crippen LogP contribution < -0.4 is 20.6 Å². The Morgan fingerprint density at radius 2 is 2.13 bits per heavy atom. The molecule has 0 aliphatic heterocycles. The highest BCUT2D eigenvalue weighted by Crippen LogP contribution is 2.30. The Morgan fingerprint density at radius 3 is 2.81 bits per heavy atom. The van der Waals surface area contributed by atoms with E-state index in [4.69, 9.17) is 26.8 Å². The van der Waals surface area contributed by atoms with Crippen molar-refractivity contribution in [2.75, 3.05) is 12.3 Å². The van der Waals surface area contributed by atoms with Gasteiger partial charge in [0.05, 0.1) is 23.5 Å². The van der Waals surface area contributed by atoms with Crippen molar-refractivity contribution in [2.45, 2.75) is 20.5 Å². The first-order chi connectivity index (χ1) is 14.9. The number of rotatable bonds is 8. The van der Waals surface area contributed by atoms with E-state index in [2.05, 4.69) is 15.5 Å². The molecule has 162 valence electrons. The summed E-state index contributed by atoms with van der Waals surface area (Å²) in [5.41, 5.74) is 9.53. The molecule has 3 N–H and O–H groups in total. The second kappa shape index (κ2) is 10.2. The highest BCUT2D eigenvalue weighted by Gasteiger charge is 2.14. The highest BCUT2D eigenvalue weighted by molar-refractivity contribution is 7.17. The maximum Gasteiger partial charge on any atom is 0.283 e. The summed E-state index contributed by atoms with van der Waals surface area (Å²) >= 11 is 7.14. The Labute approximate surface area is 187 Å². The zero-order valence-electron chi connectivity index (χ0n) is 16.8. The number of thiazole rings is 1. The van der Waals surface area contributed by atoms with Crippen molar-refractivity contribution in [1.29, 1.82) is 0 Å². The maximum absolute atomic E-state index is 14.0. The number of aryl methyl sites for hydroxylation is 1. The van der Waals surface area contributed by atoms with Gasteiger partial charge in [0.1, 0.15) is 17.3 Å². The fraction of sp³-hybridized carbons (Fsp3) is 0.190. The molecule has 1 aromatic heterocycles. The first-order valence-corrected chi connectivity index (χ1v) is 10.5. The number of aromatic nitrogens is 1. The highest BCUT2D eigenvalue weighted by atomic mass is 35.5. The van der Waals surface area contributed by atoms with Crippen LogP contribution in [0.15, 0.2) is 41.5 Å². The molecule has 1 heterocycles. The van der Waals surface area contributed by atoms with E-state index in [9.17, 15) is 9.18 Å². The van der Waals surface area contributed by atoms with E-state index in [1.165, 1.54) is 18.3 Å². The van der Waals surface area contributed by atoms with Gasteiger partial charge in [-0.25, -0.2) is 14.8 Å². The third-order valence-electron chi connectivity index (χ3n) is 4.10. The van der Waals surface area contributed by atoms with Crippen LogP contribution in [0.5, 0.6) is 11.5 Å². The van der Waals surface area contributed by atoms with Crippen LogP contribution in [0.4, 0.5) is 9.52 Å². The van der Waals surface area contributed by atoms with Gasteiger partial charge in [-0.05, 0) is 49.7 Å². The van der Waals surface area contributed by atoms with Crippen molar-refractivity contribution in [1.82, 2.24) is 10.4 Å². The van der Waals surface area contributed by atoms with Gasteiger partial charge >= 0.3 is 0 Å². The summed E-state index contributed by atoms with van der Waals surface area (Å²) in [4.78, 5) is 16.6. The van der Waals surface area contributed by atoms with Gasteiger partial charge in [0.15, 0.2) is 16.6 Å². The largest absolute Gasteiger partial charge is 0.490 e. The molecule has 0 aliphatic rings. The Kier molecular flexibility index (Phi) is 7.43. The van der Waals surface area contributed by atoms with Crippen LogP contribution in [-0.2, 0) is 6.61 Å². The molecular weight excluding hydrogens is 443 g/mol. The predicted octanol–water partition coefficient (Wildman–Crippen LogP) is 4.57. The summed E-state index contributed by atoms with van der Waals surface area (Å²) in [6.45, 7) is 3.89. The lowest BCUT2D eigenvalue weighted by atomic mass is 10.2. The molecule has 0 radical (unpaired) electrons. The molecule has 0 unspecified atom stereocenters. The monoisotopic (exact) mass is 462 g/mol. The van der Waals surface area contributed by atoms with Crippen LogP contribution >= 0.6 is 22.9 Å². The maximum atomic E-state index is 14.0. The number of halogens is 2. The Morgan fingerprint density at radius 1 is 1.32 bits per heavy atom. The summed E-state index contributed by atoms with van der Waals surface area (Å²) in [5, 5.41) is 4.57. The lowest BCUT2D eigenvalue weighted by molar-refractivity contribution is 0.0958. The predicted molar refractivity (Wildman–Crippen MR) is 120 cm³/mol. The lowest BCUT2D eigenvalue weighted by Crippen LogP contribution is -2.17. The van der Waals surface area contributed by atoms with E-state index >= 15 is 0 Å². The Bertz CT molecular complexity index is 1100. The van der Waals surface area contributed by atoms with E-state index in [1.807, 2.05) is 6.92 Å². The van der Waals surface area contributed by atoms with Gasteiger partial charge in [0, 0.05) is 5.56 Å². The number of carbonyl (C=O) groups is 1. The van der Waals surface area contributed by atoms with Crippen molar-refractivity contribution >= 4 is 40.2 Å². The fourth-order valence-corrected chi connectivity index (χ4v) is 3.60. The van der Waals surface area contributed by atoms with Crippen LogP contribution in [0, 0.1) is 12.7 Å². The summed E-state index contributed by atoms with van der Waals surface area (Å²) < 4.78 is 25.3. The number of nitrogens with two attached hydrogens (primary N) is 1. The molecule has 1 amide bonds. The van der Waals surface area contributed by atoms with Gasteiger partial charge < -0.3 is 15.2 Å². The third-order valence-corrected chi connectivity index (χ3v) is 5.44. The number of nitrogens with zero attached hydrogens (tertiary/aromatic N) is 2. The Balaban J connectivity index is 1.70. The number of ether oxygens (including phenoxy) is 2. The molecular formula is C21H20ClFN4O3S. The van der Waals surface area contributed by atoms with E-state index in [0.717, 1.165) is 11.3 Å². The van der Waals surface area contributed by atoms with Gasteiger partial charge in [0.25, 0.3) is 5.91 Å². The number of anilines is 1. The van der Waals surface area contributed by atoms with Gasteiger partial charge in [-0.1, -0.05) is 29.0 Å². The second-order valence-corrected chi connectivity index (χ2v) is 7.73. The number of nitrogen functional groups attached to an aromatic ring is 1. The summed E-state index contributed by atoms with van der Waals surface area (Å²) in [6, 6.07) is 9.56. The van der Waals surface area contributed by atoms with Crippen LogP contribution in [-0.4, -0.2) is 23.7 Å². The van der Waals surface area contributed by atoms with E-state index < -0.39 is 11.7 Å². The molecule has 0 atom stereocenters. The average Bonchev–Trinajstić information content (AvgIpc) is 3.07. The van der Waals surface area contributed by atoms with Crippen molar-refractivity contribution in [3.63, 3.8) is 0 Å². The first kappa shape index (κ1) is 22.5. The van der Waals surface area contributed by atoms with E-state index in [1.54, 1.807) is 31.2 Å². The topological polar surface area (TPSA) is 98.8 Å². The number of hydrazone groups is 1. The first-order valence-electron chi connectivity index (χ1n) is 9.28. The SMILES string of the molecule is CCOc1cc(C=NNC(=O)c2sc(N)nc2C)ccc1OCc1c(F)cccc1Cl. The standard InChI is InChI=1S/C21H20ClFN4O3S/c1-3-29-18-9-13(10-25-27-20(28)19-12(2)26-21(24)31-19)7-8-17(18)30-11-14-15(22)5-4-6-16(14)23/h4-10H,3,11H2,1-2H3,(H2,24,26)(H,27,28). The average molecular weight is 463 g/mol. The van der Waals surface area contributed by atoms with Crippen molar-refractivity contribution in [2.24, 2.45) is 5.10 Å². The normalized spacial score (nSPS) is 11.0. The Hall–Kier alpha value is -3.17. The van der Waals surface area contributed by atoms with Crippen LogP contribution in [0.1, 0.15) is 33.4 Å². The zero-order valence-corrected chi connectivity index (χ0v) is 18.4. The number of carbonyl (C=O) groups excluding carboxylic acids is 1. The smallest absolute Gasteiger partial charge is 0.283 e. The minimum absolute atomic E-state index is 0.0492. The molecule has 10 heteroatoms. The molecule has 0 saturated carbocycles. The number of nitrogens with one attached hydrogen (secondary N) is 1. The van der Waals surface area contributed by atoms with E-state index in [0.29, 0.717) is 39.4 Å². The molecule has 31 heavy (non-hydrogen) atoms. The second-order valence-electron chi connectivity index (χ2n) is 6.29. The van der Waals surface area contributed by atoms with Gasteiger partial charge in [0.2, 0.25) is 0 Å². The molecule has 2 aromatic carbocycles.